The van der Waals surface area contributed by atoms with Gasteiger partial charge in [0.2, 0.25) is 0 Å². The molecular weight excluding hydrogens is 605 g/mol. The number of para-hydroxylation sites is 4. The third-order valence-corrected chi connectivity index (χ3v) is 9.51. The van der Waals surface area contributed by atoms with Crippen LogP contribution in [0, 0.1) is 0 Å². The largest absolute Gasteiger partial charge is 0.309 e. The average molecular weight is 647 g/mol. The summed E-state index contributed by atoms with van der Waals surface area (Å²) in [6.07, 6.45) is 0. The fourth-order valence-corrected chi connectivity index (χ4v) is 7.40. The first kappa shape index (κ1) is 20.0. The highest BCUT2D eigenvalue weighted by atomic mass is 15.0. The monoisotopic (exact) mass is 646 g/mol. The molecule has 0 aliphatic rings. The summed E-state index contributed by atoms with van der Waals surface area (Å²) in [7, 11) is 0. The molecule has 0 aliphatic carbocycles. The maximum atomic E-state index is 9.17. The third kappa shape index (κ3) is 4.43. The molecule has 2 nitrogen and oxygen atoms in total. The topological polar surface area (TPSA) is 9.86 Å². The molecule has 0 N–H and O–H groups in total. The minimum absolute atomic E-state index is 0.0305. The van der Waals surface area contributed by atoms with Gasteiger partial charge < -0.3 is 9.13 Å². The molecule has 0 aliphatic heterocycles. The highest BCUT2D eigenvalue weighted by Crippen LogP contribution is 2.42. The quantitative estimate of drug-likeness (QED) is 0.176. The third-order valence-electron chi connectivity index (χ3n) is 9.51. The van der Waals surface area contributed by atoms with Crippen LogP contribution in [0.15, 0.2) is 194 Å². The Morgan fingerprint density at radius 1 is 0.320 bits per heavy atom. The SMILES string of the molecule is [2H]c1c([2H])c([2H])c(-c2cc(-n3c4ccccc4c4ccccc43)ccc2-c2ccc(-n3c4ccccc4c4ccccc43)cc2-c2c([2H])c([2H])c([2H])c([2H])c2[2H])c([2H])c1[2H]. The van der Waals surface area contributed by atoms with Crippen molar-refractivity contribution in [3.63, 3.8) is 0 Å². The summed E-state index contributed by atoms with van der Waals surface area (Å²) in [6, 6.07) is 38.4. The van der Waals surface area contributed by atoms with Gasteiger partial charge in [0, 0.05) is 32.9 Å². The van der Waals surface area contributed by atoms with Crippen LogP contribution in [0.25, 0.3) is 88.4 Å². The van der Waals surface area contributed by atoms with Crippen molar-refractivity contribution in [1.29, 1.82) is 0 Å². The Bertz CT molecular complexity index is 3060. The molecular formula is C48H32N2. The molecule has 0 spiro atoms. The summed E-state index contributed by atoms with van der Waals surface area (Å²) < 4.78 is 92.4. The van der Waals surface area contributed by atoms with Crippen LogP contribution in [-0.2, 0) is 0 Å². The van der Waals surface area contributed by atoms with Crippen LogP contribution in [0.4, 0.5) is 0 Å². The minimum atomic E-state index is -0.524. The molecule has 0 saturated carbocycles. The van der Waals surface area contributed by atoms with E-state index in [2.05, 4.69) is 9.13 Å². The molecule has 0 bridgehead atoms. The molecule has 0 saturated heterocycles. The molecule has 10 rings (SSSR count). The van der Waals surface area contributed by atoms with E-state index >= 15 is 0 Å². The van der Waals surface area contributed by atoms with Crippen molar-refractivity contribution in [3.8, 4) is 44.8 Å². The van der Waals surface area contributed by atoms with Crippen molar-refractivity contribution in [3.05, 3.63) is 194 Å². The van der Waals surface area contributed by atoms with Gasteiger partial charge in [-0.2, -0.15) is 0 Å². The first-order valence-corrected chi connectivity index (χ1v) is 16.4. The second kappa shape index (κ2) is 11.5. The van der Waals surface area contributed by atoms with Gasteiger partial charge in [0.05, 0.1) is 35.8 Å². The van der Waals surface area contributed by atoms with Crippen LogP contribution >= 0.6 is 0 Å². The van der Waals surface area contributed by atoms with Gasteiger partial charge in [0.25, 0.3) is 0 Å². The Morgan fingerprint density at radius 2 is 0.640 bits per heavy atom. The molecule has 2 heterocycles. The number of aromatic nitrogens is 2. The average Bonchev–Trinajstić information content (AvgIpc) is 3.79. The molecule has 0 radical (unpaired) electrons. The van der Waals surface area contributed by atoms with E-state index in [1.807, 2.05) is 133 Å². The lowest BCUT2D eigenvalue weighted by Gasteiger charge is -2.19. The normalized spacial score (nSPS) is 14.4. The fourth-order valence-electron chi connectivity index (χ4n) is 7.40. The van der Waals surface area contributed by atoms with Crippen LogP contribution in [0.1, 0.15) is 13.7 Å². The first-order chi connectivity index (χ1) is 29.0. The smallest absolute Gasteiger partial charge is 0.0629 e. The van der Waals surface area contributed by atoms with E-state index in [1.165, 1.54) is 0 Å². The van der Waals surface area contributed by atoms with Gasteiger partial charge in [-0.25, -0.2) is 0 Å². The second-order valence-corrected chi connectivity index (χ2v) is 12.2. The van der Waals surface area contributed by atoms with Gasteiger partial charge in [0.15, 0.2) is 0 Å². The van der Waals surface area contributed by atoms with E-state index in [0.717, 1.165) is 43.6 Å². The molecule has 10 aromatic rings. The number of rotatable bonds is 5. The molecule has 0 atom stereocenters. The van der Waals surface area contributed by atoms with E-state index in [-0.39, 0.29) is 11.1 Å². The summed E-state index contributed by atoms with van der Waals surface area (Å²) in [5.41, 5.74) is 6.42. The molecule has 2 aromatic heterocycles. The Kier molecular flexibility index (Phi) is 4.60. The molecule has 0 unspecified atom stereocenters. The second-order valence-electron chi connectivity index (χ2n) is 12.2. The van der Waals surface area contributed by atoms with Crippen LogP contribution in [0.3, 0.4) is 0 Å². The molecule has 50 heavy (non-hydrogen) atoms. The Morgan fingerprint density at radius 3 is 0.980 bits per heavy atom. The Hall–Kier alpha value is -6.64. The van der Waals surface area contributed by atoms with Crippen molar-refractivity contribution in [2.45, 2.75) is 0 Å². The van der Waals surface area contributed by atoms with Crippen molar-refractivity contribution < 1.29 is 13.7 Å². The van der Waals surface area contributed by atoms with Gasteiger partial charge in [-0.15, -0.1) is 0 Å². The molecule has 2 heteroatoms. The van der Waals surface area contributed by atoms with Crippen LogP contribution in [0.5, 0.6) is 0 Å². The number of hydrogen-bond acceptors (Lipinski definition) is 0. The fraction of sp³-hybridized carbons (Fsp3) is 0. The lowest BCUT2D eigenvalue weighted by Crippen LogP contribution is -1.98. The van der Waals surface area contributed by atoms with E-state index in [1.54, 1.807) is 0 Å². The highest BCUT2D eigenvalue weighted by molar-refractivity contribution is 6.10. The predicted octanol–water partition coefficient (Wildman–Crippen LogP) is 12.9. The lowest BCUT2D eigenvalue weighted by molar-refractivity contribution is 1.18. The number of nitrogens with zero attached hydrogens (tertiary/aromatic N) is 2. The van der Waals surface area contributed by atoms with Crippen molar-refractivity contribution in [1.82, 2.24) is 9.13 Å². The highest BCUT2D eigenvalue weighted by Gasteiger charge is 2.19. The summed E-state index contributed by atoms with van der Waals surface area (Å²) in [6.45, 7) is 0. The van der Waals surface area contributed by atoms with Crippen LogP contribution in [0.2, 0.25) is 0 Å². The Balaban J connectivity index is 1.34. The number of fused-ring (bicyclic) bond motifs is 6. The van der Waals surface area contributed by atoms with Gasteiger partial charge in [-0.05, 0) is 81.9 Å². The molecule has 0 fully saturated rings. The predicted molar refractivity (Wildman–Crippen MR) is 211 cm³/mol. The van der Waals surface area contributed by atoms with Crippen LogP contribution in [-0.4, -0.2) is 9.13 Å². The first-order valence-electron chi connectivity index (χ1n) is 21.4. The van der Waals surface area contributed by atoms with E-state index in [0.29, 0.717) is 33.6 Å². The van der Waals surface area contributed by atoms with Gasteiger partial charge in [-0.3, -0.25) is 0 Å². The maximum Gasteiger partial charge on any atom is 0.0629 e. The van der Waals surface area contributed by atoms with Crippen LogP contribution < -0.4 is 0 Å². The van der Waals surface area contributed by atoms with Gasteiger partial charge >= 0.3 is 0 Å². The minimum Gasteiger partial charge on any atom is -0.309 e. The lowest BCUT2D eigenvalue weighted by atomic mass is 9.88. The Labute approximate surface area is 304 Å². The molecule has 8 aromatic carbocycles. The summed E-state index contributed by atoms with van der Waals surface area (Å²) in [5, 5.41) is 4.08. The van der Waals surface area contributed by atoms with Gasteiger partial charge in [-0.1, -0.05) is 145 Å². The van der Waals surface area contributed by atoms with E-state index in [4.69, 9.17) is 8.22 Å². The van der Waals surface area contributed by atoms with Crippen molar-refractivity contribution in [2.24, 2.45) is 0 Å². The molecule has 0 amide bonds. The summed E-state index contributed by atoms with van der Waals surface area (Å²) in [4.78, 5) is 0. The van der Waals surface area contributed by atoms with Crippen molar-refractivity contribution in [2.75, 3.05) is 0 Å². The summed E-state index contributed by atoms with van der Waals surface area (Å²) in [5.74, 6) is 0. The summed E-state index contributed by atoms with van der Waals surface area (Å²) >= 11 is 0. The van der Waals surface area contributed by atoms with Gasteiger partial charge in [0.1, 0.15) is 0 Å². The zero-order valence-electron chi connectivity index (χ0n) is 36.6. The zero-order chi connectivity index (χ0) is 41.7. The van der Waals surface area contributed by atoms with E-state index < -0.39 is 60.4 Å². The molecule has 234 valence electrons. The van der Waals surface area contributed by atoms with Crippen molar-refractivity contribution >= 4 is 43.6 Å². The maximum absolute atomic E-state index is 9.17. The zero-order valence-corrected chi connectivity index (χ0v) is 26.6. The van der Waals surface area contributed by atoms with E-state index in [9.17, 15) is 5.48 Å². The number of hydrogen-bond donors (Lipinski definition) is 0. The number of benzene rings is 8. The standard InChI is InChI=1S/C48H32N2/c1-3-15-33(16-4-1)43-31-35(49-45-23-11-7-19-39(45)40-20-8-12-24-46(40)49)27-29-37(43)38-30-28-36(32-44(38)34-17-5-2-6-18-34)50-47-25-13-9-21-41(47)42-22-10-14-26-48(42)50/h1-32H/i1D,2D,3D,4D,5D,6D,15D,16D,17D,18D.